The molecule has 0 saturated heterocycles. The molecule has 31 heavy (non-hydrogen) atoms. The van der Waals surface area contributed by atoms with E-state index >= 15 is 0 Å². The minimum atomic E-state index is -4.86. The summed E-state index contributed by atoms with van der Waals surface area (Å²) < 4.78 is 74.3. The van der Waals surface area contributed by atoms with Gasteiger partial charge in [0, 0.05) is 16.6 Å². The molecule has 0 bridgehead atoms. The first-order valence-electron chi connectivity index (χ1n) is 8.83. The van der Waals surface area contributed by atoms with E-state index in [0.29, 0.717) is 11.1 Å². The van der Waals surface area contributed by atoms with Crippen LogP contribution in [-0.2, 0) is 14.8 Å². The monoisotopic (exact) mass is 471 g/mol. The van der Waals surface area contributed by atoms with Crippen LogP contribution in [0.4, 0.5) is 18.9 Å². The summed E-state index contributed by atoms with van der Waals surface area (Å²) in [6.45, 7) is 1.66. The Balaban J connectivity index is 1.99. The van der Waals surface area contributed by atoms with E-state index < -0.39 is 28.1 Å². The number of esters is 1. The van der Waals surface area contributed by atoms with Crippen LogP contribution >= 0.6 is 11.3 Å². The number of nitrogens with one attached hydrogen (secondary N) is 1. The lowest BCUT2D eigenvalue weighted by molar-refractivity contribution is -0.274. The van der Waals surface area contributed by atoms with Crippen molar-refractivity contribution >= 4 is 33.0 Å². The number of carbonyl (C=O) groups is 1. The summed E-state index contributed by atoms with van der Waals surface area (Å²) >= 11 is 0.927. The highest BCUT2D eigenvalue weighted by atomic mass is 32.2. The summed E-state index contributed by atoms with van der Waals surface area (Å²) in [7, 11) is -4.29. The molecule has 0 atom stereocenters. The Morgan fingerprint density at radius 3 is 2.29 bits per heavy atom. The maximum absolute atomic E-state index is 13.2. The predicted octanol–water partition coefficient (Wildman–Crippen LogP) is 5.29. The first kappa shape index (κ1) is 22.6. The van der Waals surface area contributed by atoms with E-state index in [1.165, 1.54) is 5.38 Å². The number of alkyl halides is 3. The SMILES string of the molecule is CCOC(=O)c1scc(-c2ccccc2)c1S(=O)(=O)Nc1ccc(OC(F)(F)F)cc1. The van der Waals surface area contributed by atoms with Crippen molar-refractivity contribution < 1.29 is 35.9 Å². The predicted molar refractivity (Wildman–Crippen MR) is 110 cm³/mol. The average molecular weight is 471 g/mol. The smallest absolute Gasteiger partial charge is 0.462 e. The molecule has 0 amide bonds. The Morgan fingerprint density at radius 2 is 1.71 bits per heavy atom. The van der Waals surface area contributed by atoms with Crippen molar-refractivity contribution in [1.82, 2.24) is 0 Å². The molecule has 164 valence electrons. The lowest BCUT2D eigenvalue weighted by Gasteiger charge is -2.13. The van der Waals surface area contributed by atoms with Gasteiger partial charge in [-0.2, -0.15) is 0 Å². The summed E-state index contributed by atoms with van der Waals surface area (Å²) in [5, 5.41) is 1.54. The van der Waals surface area contributed by atoms with Gasteiger partial charge < -0.3 is 9.47 Å². The van der Waals surface area contributed by atoms with Gasteiger partial charge in [0.1, 0.15) is 15.5 Å². The van der Waals surface area contributed by atoms with Crippen LogP contribution in [0.2, 0.25) is 0 Å². The summed E-state index contributed by atoms with van der Waals surface area (Å²) in [6.07, 6.45) is -4.86. The van der Waals surface area contributed by atoms with Crippen LogP contribution < -0.4 is 9.46 Å². The maximum Gasteiger partial charge on any atom is 0.573 e. The highest BCUT2D eigenvalue weighted by molar-refractivity contribution is 7.93. The Bertz CT molecular complexity index is 1160. The fourth-order valence-electron chi connectivity index (χ4n) is 2.70. The summed E-state index contributed by atoms with van der Waals surface area (Å²) in [5.41, 5.74) is 0.872. The van der Waals surface area contributed by atoms with Crippen LogP contribution in [0.25, 0.3) is 11.1 Å². The van der Waals surface area contributed by atoms with Gasteiger partial charge in [0.15, 0.2) is 0 Å². The molecule has 0 aliphatic rings. The van der Waals surface area contributed by atoms with Crippen molar-refractivity contribution in [1.29, 1.82) is 0 Å². The van der Waals surface area contributed by atoms with Crippen LogP contribution in [0.3, 0.4) is 0 Å². The Hall–Kier alpha value is -3.05. The van der Waals surface area contributed by atoms with Crippen molar-refractivity contribution in [2.24, 2.45) is 0 Å². The third-order valence-electron chi connectivity index (χ3n) is 3.90. The van der Waals surface area contributed by atoms with Crippen molar-refractivity contribution in [2.75, 3.05) is 11.3 Å². The number of carbonyl (C=O) groups excluding carboxylic acids is 1. The van der Waals surface area contributed by atoms with Gasteiger partial charge in [-0.15, -0.1) is 24.5 Å². The first-order chi connectivity index (χ1) is 14.6. The van der Waals surface area contributed by atoms with Crippen LogP contribution in [0.5, 0.6) is 5.75 Å². The number of rotatable bonds is 7. The molecule has 0 fully saturated rings. The Morgan fingerprint density at radius 1 is 1.06 bits per heavy atom. The molecule has 3 rings (SSSR count). The van der Waals surface area contributed by atoms with Gasteiger partial charge in [-0.3, -0.25) is 4.72 Å². The molecule has 1 heterocycles. The zero-order valence-electron chi connectivity index (χ0n) is 16.0. The van der Waals surface area contributed by atoms with E-state index in [2.05, 4.69) is 9.46 Å². The van der Waals surface area contributed by atoms with Gasteiger partial charge in [-0.25, -0.2) is 13.2 Å². The summed E-state index contributed by atoms with van der Waals surface area (Å²) in [5.74, 6) is -1.29. The Kier molecular flexibility index (Phi) is 6.56. The number of thiophene rings is 1. The number of sulfonamides is 1. The molecule has 11 heteroatoms. The standard InChI is InChI=1S/C20H16F3NO5S2/c1-2-28-19(25)17-18(16(12-30-17)13-6-4-3-5-7-13)31(26,27)24-14-8-10-15(11-9-14)29-20(21,22)23/h3-12,24H,2H2,1H3. The number of benzene rings is 2. The second kappa shape index (κ2) is 8.98. The molecule has 2 aromatic carbocycles. The molecule has 0 spiro atoms. The van der Waals surface area contributed by atoms with Crippen molar-refractivity contribution in [3.8, 4) is 16.9 Å². The van der Waals surface area contributed by atoms with Crippen molar-refractivity contribution in [3.05, 3.63) is 64.9 Å². The molecule has 6 nitrogen and oxygen atoms in total. The van der Waals surface area contributed by atoms with Gasteiger partial charge in [-0.1, -0.05) is 30.3 Å². The first-order valence-corrected chi connectivity index (χ1v) is 11.2. The minimum absolute atomic E-state index is 0.00505. The topological polar surface area (TPSA) is 81.7 Å². The van der Waals surface area contributed by atoms with Gasteiger partial charge in [-0.05, 0) is 36.8 Å². The molecule has 0 aliphatic carbocycles. The number of anilines is 1. The van der Waals surface area contributed by atoms with Crippen molar-refractivity contribution in [3.63, 3.8) is 0 Å². The van der Waals surface area contributed by atoms with Crippen molar-refractivity contribution in [2.45, 2.75) is 18.2 Å². The number of hydrogen-bond acceptors (Lipinski definition) is 6. The average Bonchev–Trinajstić information content (AvgIpc) is 3.15. The molecular formula is C20H16F3NO5S2. The van der Waals surface area contributed by atoms with Crippen LogP contribution in [0.1, 0.15) is 16.6 Å². The van der Waals surface area contributed by atoms with E-state index in [1.54, 1.807) is 37.3 Å². The summed E-state index contributed by atoms with van der Waals surface area (Å²) in [6, 6.07) is 12.8. The zero-order valence-corrected chi connectivity index (χ0v) is 17.6. The quantitative estimate of drug-likeness (QED) is 0.474. The van der Waals surface area contributed by atoms with E-state index in [1.807, 2.05) is 0 Å². The third kappa shape index (κ3) is 5.56. The highest BCUT2D eigenvalue weighted by Gasteiger charge is 2.32. The molecule has 0 unspecified atom stereocenters. The molecule has 0 saturated carbocycles. The van der Waals surface area contributed by atoms with E-state index in [-0.39, 0.29) is 22.1 Å². The van der Waals surface area contributed by atoms with Gasteiger partial charge in [0.2, 0.25) is 0 Å². The van der Waals surface area contributed by atoms with Gasteiger partial charge >= 0.3 is 12.3 Å². The van der Waals surface area contributed by atoms with Crippen LogP contribution in [0, 0.1) is 0 Å². The molecule has 0 aliphatic heterocycles. The fraction of sp³-hybridized carbons (Fsp3) is 0.150. The van der Waals surface area contributed by atoms with Gasteiger partial charge in [0.25, 0.3) is 10.0 Å². The normalized spacial score (nSPS) is 11.7. The van der Waals surface area contributed by atoms with Crippen LogP contribution in [-0.4, -0.2) is 27.4 Å². The largest absolute Gasteiger partial charge is 0.573 e. The highest BCUT2D eigenvalue weighted by Crippen LogP contribution is 2.37. The van der Waals surface area contributed by atoms with E-state index in [0.717, 1.165) is 35.6 Å². The molecule has 3 aromatic rings. The Labute approximate surface area is 180 Å². The molecule has 1 aromatic heterocycles. The molecular weight excluding hydrogens is 455 g/mol. The van der Waals surface area contributed by atoms with E-state index in [4.69, 9.17) is 4.74 Å². The van der Waals surface area contributed by atoms with Crippen LogP contribution in [0.15, 0.2) is 64.9 Å². The number of ether oxygens (including phenoxy) is 2. The second-order valence-electron chi connectivity index (χ2n) is 6.07. The zero-order chi connectivity index (χ0) is 22.6. The fourth-order valence-corrected chi connectivity index (χ4v) is 5.45. The second-order valence-corrected chi connectivity index (χ2v) is 8.57. The maximum atomic E-state index is 13.2. The molecule has 0 radical (unpaired) electrons. The minimum Gasteiger partial charge on any atom is -0.462 e. The molecule has 1 N–H and O–H groups in total. The lowest BCUT2D eigenvalue weighted by Crippen LogP contribution is -2.18. The van der Waals surface area contributed by atoms with Gasteiger partial charge in [0.05, 0.1) is 6.61 Å². The third-order valence-corrected chi connectivity index (χ3v) is 6.46. The number of hydrogen-bond donors (Lipinski definition) is 1. The summed E-state index contributed by atoms with van der Waals surface area (Å²) in [4.78, 5) is 12.0. The lowest BCUT2D eigenvalue weighted by atomic mass is 10.1. The van der Waals surface area contributed by atoms with E-state index in [9.17, 15) is 26.4 Å². The number of halogens is 3.